The van der Waals surface area contributed by atoms with Crippen LogP contribution < -0.4 is 0 Å². The van der Waals surface area contributed by atoms with Gasteiger partial charge in [-0.1, -0.05) is 11.8 Å². The molecule has 0 heterocycles. The molecule has 0 saturated carbocycles. The van der Waals surface area contributed by atoms with Crippen molar-refractivity contribution >= 4 is 0 Å². The van der Waals surface area contributed by atoms with Crippen molar-refractivity contribution in [3.05, 3.63) is 35.1 Å². The van der Waals surface area contributed by atoms with Crippen LogP contribution in [-0.2, 0) is 11.3 Å². The van der Waals surface area contributed by atoms with Crippen molar-refractivity contribution in [3.8, 4) is 11.8 Å². The molecule has 0 atom stereocenters. The Morgan fingerprint density at radius 2 is 2.15 bits per heavy atom. The summed E-state index contributed by atoms with van der Waals surface area (Å²) in [5, 5.41) is 8.68. The standard InChI is InChI=1S/C16H22FNO2/c1-18(7-5-9-20-2)13-15-10-14(6-3-4-8-19)11-16(17)12-15/h10-12,19H,4-5,7-9,13H2,1-2H3. The number of rotatable bonds is 7. The highest BCUT2D eigenvalue weighted by Gasteiger charge is 2.03. The predicted octanol–water partition coefficient (Wildman–Crippen LogP) is 2.03. The highest BCUT2D eigenvalue weighted by molar-refractivity contribution is 5.37. The third kappa shape index (κ3) is 6.67. The van der Waals surface area contributed by atoms with E-state index in [9.17, 15) is 4.39 Å². The fourth-order valence-corrected chi connectivity index (χ4v) is 1.90. The molecule has 1 aromatic carbocycles. The number of halogens is 1. The lowest BCUT2D eigenvalue weighted by Crippen LogP contribution is -2.20. The van der Waals surface area contributed by atoms with Crippen molar-refractivity contribution < 1.29 is 14.2 Å². The van der Waals surface area contributed by atoms with Crippen molar-refractivity contribution in [1.29, 1.82) is 0 Å². The number of benzene rings is 1. The van der Waals surface area contributed by atoms with Gasteiger partial charge in [-0.2, -0.15) is 0 Å². The summed E-state index contributed by atoms with van der Waals surface area (Å²) >= 11 is 0. The number of methoxy groups -OCH3 is 1. The van der Waals surface area contributed by atoms with Crippen molar-refractivity contribution in [1.82, 2.24) is 4.90 Å². The molecular formula is C16H22FNO2. The zero-order valence-corrected chi connectivity index (χ0v) is 12.2. The van der Waals surface area contributed by atoms with Gasteiger partial charge in [-0.25, -0.2) is 4.39 Å². The van der Waals surface area contributed by atoms with Crippen LogP contribution >= 0.6 is 0 Å². The molecule has 0 radical (unpaired) electrons. The maximum absolute atomic E-state index is 13.5. The van der Waals surface area contributed by atoms with Gasteiger partial charge in [-0.05, 0) is 37.2 Å². The van der Waals surface area contributed by atoms with Gasteiger partial charge in [0.25, 0.3) is 0 Å². The minimum Gasteiger partial charge on any atom is -0.395 e. The first-order valence-electron chi connectivity index (χ1n) is 6.72. The van der Waals surface area contributed by atoms with Gasteiger partial charge in [-0.3, -0.25) is 0 Å². The number of hydrogen-bond acceptors (Lipinski definition) is 3. The maximum Gasteiger partial charge on any atom is 0.124 e. The van der Waals surface area contributed by atoms with E-state index in [1.807, 2.05) is 13.1 Å². The second-order valence-electron chi connectivity index (χ2n) is 4.71. The lowest BCUT2D eigenvalue weighted by molar-refractivity contribution is 0.178. The second kappa shape index (κ2) is 9.49. The molecule has 1 N–H and O–H groups in total. The van der Waals surface area contributed by atoms with Gasteiger partial charge in [0.1, 0.15) is 5.82 Å². The van der Waals surface area contributed by atoms with Crippen LogP contribution in [0.25, 0.3) is 0 Å². The van der Waals surface area contributed by atoms with Crippen LogP contribution in [0.4, 0.5) is 4.39 Å². The second-order valence-corrected chi connectivity index (χ2v) is 4.71. The van der Waals surface area contributed by atoms with Crippen molar-refractivity contribution in [3.63, 3.8) is 0 Å². The Kier molecular flexibility index (Phi) is 7.89. The van der Waals surface area contributed by atoms with Gasteiger partial charge in [-0.15, -0.1) is 0 Å². The van der Waals surface area contributed by atoms with Crippen LogP contribution in [0.5, 0.6) is 0 Å². The lowest BCUT2D eigenvalue weighted by Gasteiger charge is -2.16. The fourth-order valence-electron chi connectivity index (χ4n) is 1.90. The summed E-state index contributed by atoms with van der Waals surface area (Å²) in [5.74, 6) is 5.39. The zero-order valence-electron chi connectivity index (χ0n) is 12.2. The van der Waals surface area contributed by atoms with Crippen LogP contribution in [0.2, 0.25) is 0 Å². The molecule has 1 aromatic rings. The first-order valence-corrected chi connectivity index (χ1v) is 6.72. The summed E-state index contributed by atoms with van der Waals surface area (Å²) in [7, 11) is 3.68. The predicted molar refractivity (Wildman–Crippen MR) is 77.8 cm³/mol. The van der Waals surface area contributed by atoms with Crippen LogP contribution in [0.3, 0.4) is 0 Å². The summed E-state index contributed by atoms with van der Waals surface area (Å²) in [6, 6.07) is 4.84. The van der Waals surface area contributed by atoms with E-state index in [4.69, 9.17) is 9.84 Å². The molecule has 0 aliphatic rings. The Hall–Kier alpha value is -1.41. The molecule has 110 valence electrons. The monoisotopic (exact) mass is 279 g/mol. The molecule has 4 heteroatoms. The van der Waals surface area contributed by atoms with Crippen molar-refractivity contribution in [2.75, 3.05) is 33.9 Å². The normalized spacial score (nSPS) is 10.4. The summed E-state index contributed by atoms with van der Waals surface area (Å²) in [4.78, 5) is 2.12. The summed E-state index contributed by atoms with van der Waals surface area (Å²) in [6.45, 7) is 2.33. The first kappa shape index (κ1) is 16.6. The zero-order chi connectivity index (χ0) is 14.8. The van der Waals surface area contributed by atoms with Crippen molar-refractivity contribution in [2.24, 2.45) is 0 Å². The average molecular weight is 279 g/mol. The third-order valence-corrected chi connectivity index (χ3v) is 2.77. The Labute approximate surface area is 120 Å². The minimum atomic E-state index is -0.277. The van der Waals surface area contributed by atoms with Gasteiger partial charge in [0, 0.05) is 38.8 Å². The van der Waals surface area contributed by atoms with Gasteiger partial charge in [0.2, 0.25) is 0 Å². The van der Waals surface area contributed by atoms with E-state index in [1.54, 1.807) is 7.11 Å². The molecular weight excluding hydrogens is 257 g/mol. The summed E-state index contributed by atoms with van der Waals surface area (Å²) in [6.07, 6.45) is 1.36. The molecule has 1 rings (SSSR count). The smallest absolute Gasteiger partial charge is 0.124 e. The molecule has 0 aliphatic heterocycles. The van der Waals surface area contributed by atoms with Gasteiger partial charge >= 0.3 is 0 Å². The molecule has 3 nitrogen and oxygen atoms in total. The Morgan fingerprint density at radius 3 is 2.85 bits per heavy atom. The molecule has 0 fully saturated rings. The molecule has 0 amide bonds. The van der Waals surface area contributed by atoms with Gasteiger partial charge in [0.05, 0.1) is 6.61 Å². The van der Waals surface area contributed by atoms with E-state index >= 15 is 0 Å². The van der Waals surface area contributed by atoms with Crippen LogP contribution in [0.15, 0.2) is 18.2 Å². The lowest BCUT2D eigenvalue weighted by atomic mass is 10.1. The number of aliphatic hydroxyl groups excluding tert-OH is 1. The number of hydrogen-bond donors (Lipinski definition) is 1. The Balaban J connectivity index is 2.63. The summed E-state index contributed by atoms with van der Waals surface area (Å²) < 4.78 is 18.5. The number of nitrogens with zero attached hydrogens (tertiary/aromatic N) is 1. The highest BCUT2D eigenvalue weighted by atomic mass is 19.1. The molecule has 0 saturated heterocycles. The molecule has 20 heavy (non-hydrogen) atoms. The van der Waals surface area contributed by atoms with E-state index in [1.165, 1.54) is 12.1 Å². The maximum atomic E-state index is 13.5. The topological polar surface area (TPSA) is 32.7 Å². The van der Waals surface area contributed by atoms with Crippen molar-refractivity contribution in [2.45, 2.75) is 19.4 Å². The molecule has 0 aliphatic carbocycles. The Bertz CT molecular complexity index is 465. The highest BCUT2D eigenvalue weighted by Crippen LogP contribution is 2.11. The minimum absolute atomic E-state index is 0.0252. The molecule has 0 unspecified atom stereocenters. The van der Waals surface area contributed by atoms with E-state index in [-0.39, 0.29) is 12.4 Å². The van der Waals surface area contributed by atoms with Crippen LogP contribution in [0, 0.1) is 17.7 Å². The number of aliphatic hydroxyl groups is 1. The SMILES string of the molecule is COCCCN(C)Cc1cc(F)cc(C#CCCO)c1. The van der Waals surface area contributed by atoms with Gasteiger partial charge < -0.3 is 14.7 Å². The first-order chi connectivity index (χ1) is 9.65. The van der Waals surface area contributed by atoms with E-state index < -0.39 is 0 Å². The third-order valence-electron chi connectivity index (χ3n) is 2.77. The van der Waals surface area contributed by atoms with E-state index in [0.29, 0.717) is 18.5 Å². The fraction of sp³-hybridized carbons (Fsp3) is 0.500. The molecule has 0 aromatic heterocycles. The van der Waals surface area contributed by atoms with E-state index in [0.717, 1.165) is 25.1 Å². The number of ether oxygens (including phenoxy) is 1. The van der Waals surface area contributed by atoms with Crippen LogP contribution in [-0.4, -0.2) is 43.9 Å². The van der Waals surface area contributed by atoms with Gasteiger partial charge in [0.15, 0.2) is 0 Å². The Morgan fingerprint density at radius 1 is 1.35 bits per heavy atom. The molecule has 0 bridgehead atoms. The summed E-state index contributed by atoms with van der Waals surface area (Å²) in [5.41, 5.74) is 1.55. The molecule has 0 spiro atoms. The average Bonchev–Trinajstić information content (AvgIpc) is 2.38. The van der Waals surface area contributed by atoms with E-state index in [2.05, 4.69) is 16.7 Å². The largest absolute Gasteiger partial charge is 0.395 e. The quantitative estimate of drug-likeness (QED) is 0.612. The van der Waals surface area contributed by atoms with Crippen LogP contribution in [0.1, 0.15) is 24.0 Å².